The zero-order valence-electron chi connectivity index (χ0n) is 8.79. The second kappa shape index (κ2) is 5.32. The number of hydrogen-bond donors (Lipinski definition) is 0. The lowest BCUT2D eigenvalue weighted by Gasteiger charge is -2.10. The highest BCUT2D eigenvalue weighted by molar-refractivity contribution is 6.47. The summed E-state index contributed by atoms with van der Waals surface area (Å²) >= 11 is 11.7. The van der Waals surface area contributed by atoms with E-state index in [1.54, 1.807) is 25.1 Å². The monoisotopic (exact) mass is 260 g/mol. The highest BCUT2D eigenvalue weighted by atomic mass is 35.5. The van der Waals surface area contributed by atoms with Gasteiger partial charge in [0.05, 0.1) is 7.11 Å². The quantitative estimate of drug-likeness (QED) is 0.477. The lowest BCUT2D eigenvalue weighted by molar-refractivity contribution is -0.151. The van der Waals surface area contributed by atoms with Crippen LogP contribution in [0.5, 0.6) is 0 Å². The molecule has 0 bridgehead atoms. The molecular formula is C11H10Cl2O3. The Labute approximate surface area is 103 Å². The van der Waals surface area contributed by atoms with Gasteiger partial charge in [0.15, 0.2) is 0 Å². The first-order chi connectivity index (χ1) is 7.47. The predicted molar refractivity (Wildman–Crippen MR) is 61.8 cm³/mol. The predicted octanol–water partition coefficient (Wildman–Crippen LogP) is 2.67. The van der Waals surface area contributed by atoms with Crippen LogP contribution in [0.1, 0.15) is 16.5 Å². The molecule has 1 rings (SSSR count). The molecular weight excluding hydrogens is 251 g/mol. The maximum Gasteiger partial charge on any atom is 0.376 e. The van der Waals surface area contributed by atoms with Crippen LogP contribution < -0.4 is 0 Å². The molecule has 1 atom stereocenters. The Morgan fingerprint density at radius 2 is 2.00 bits per heavy atom. The summed E-state index contributed by atoms with van der Waals surface area (Å²) in [5.74, 6) is -1.73. The van der Waals surface area contributed by atoms with Gasteiger partial charge in [-0.2, -0.15) is 0 Å². The summed E-state index contributed by atoms with van der Waals surface area (Å²) in [6, 6.07) is 4.91. The number of rotatable bonds is 3. The lowest BCUT2D eigenvalue weighted by Crippen LogP contribution is -2.20. The van der Waals surface area contributed by atoms with Crippen LogP contribution in [0.15, 0.2) is 18.2 Å². The first-order valence-electron chi connectivity index (χ1n) is 4.49. The number of Topliss-reactive ketones (excluding diaryl/α,β-unsaturated/α-hetero) is 1. The van der Waals surface area contributed by atoms with Crippen molar-refractivity contribution in [2.75, 3.05) is 7.11 Å². The summed E-state index contributed by atoms with van der Waals surface area (Å²) in [6.07, 6.45) is 0. The van der Waals surface area contributed by atoms with Crippen molar-refractivity contribution in [3.8, 4) is 0 Å². The first-order valence-corrected chi connectivity index (χ1v) is 5.31. The number of halogens is 2. The van der Waals surface area contributed by atoms with E-state index in [1.165, 1.54) is 0 Å². The van der Waals surface area contributed by atoms with Gasteiger partial charge in [0, 0.05) is 5.02 Å². The maximum absolute atomic E-state index is 11.5. The van der Waals surface area contributed by atoms with Gasteiger partial charge in [-0.1, -0.05) is 17.7 Å². The van der Waals surface area contributed by atoms with Crippen LogP contribution >= 0.6 is 23.2 Å². The Morgan fingerprint density at radius 1 is 1.38 bits per heavy atom. The summed E-state index contributed by atoms with van der Waals surface area (Å²) in [4.78, 5) is 22.5. The number of esters is 1. The van der Waals surface area contributed by atoms with E-state index in [2.05, 4.69) is 4.74 Å². The van der Waals surface area contributed by atoms with E-state index in [-0.39, 0.29) is 0 Å². The second-order valence-corrected chi connectivity index (χ2v) is 4.09. The van der Waals surface area contributed by atoms with Crippen molar-refractivity contribution in [3.63, 3.8) is 0 Å². The van der Waals surface area contributed by atoms with Crippen molar-refractivity contribution >= 4 is 35.0 Å². The zero-order chi connectivity index (χ0) is 12.3. The van der Waals surface area contributed by atoms with E-state index in [0.717, 1.165) is 12.7 Å². The van der Waals surface area contributed by atoms with E-state index < -0.39 is 17.1 Å². The van der Waals surface area contributed by atoms with Crippen LogP contribution in [-0.2, 0) is 14.3 Å². The van der Waals surface area contributed by atoms with Crippen molar-refractivity contribution in [1.29, 1.82) is 0 Å². The standard InChI is InChI=1S/C11H10Cl2O3/c1-6-5-7(12)3-4-8(6)9(13)10(14)11(15)16-2/h3-5,9H,1-2H3. The SMILES string of the molecule is COC(=O)C(=O)C(Cl)c1ccc(Cl)cc1C. The molecule has 3 nitrogen and oxygen atoms in total. The van der Waals surface area contributed by atoms with Crippen molar-refractivity contribution in [2.45, 2.75) is 12.3 Å². The summed E-state index contributed by atoms with van der Waals surface area (Å²) in [5.41, 5.74) is 1.31. The molecule has 1 aromatic carbocycles. The lowest BCUT2D eigenvalue weighted by atomic mass is 10.0. The number of carbonyl (C=O) groups is 2. The van der Waals surface area contributed by atoms with Gasteiger partial charge in [0.25, 0.3) is 5.78 Å². The number of ketones is 1. The molecule has 1 unspecified atom stereocenters. The van der Waals surface area contributed by atoms with Crippen LogP contribution in [0.25, 0.3) is 0 Å². The fourth-order valence-corrected chi connectivity index (χ4v) is 1.83. The van der Waals surface area contributed by atoms with Crippen molar-refractivity contribution in [3.05, 3.63) is 34.3 Å². The molecule has 0 aliphatic heterocycles. The van der Waals surface area contributed by atoms with E-state index in [4.69, 9.17) is 23.2 Å². The van der Waals surface area contributed by atoms with Crippen LogP contribution in [-0.4, -0.2) is 18.9 Å². The number of ether oxygens (including phenoxy) is 1. The fraction of sp³-hybridized carbons (Fsp3) is 0.273. The minimum Gasteiger partial charge on any atom is -0.463 e. The van der Waals surface area contributed by atoms with Gasteiger partial charge < -0.3 is 4.74 Å². The van der Waals surface area contributed by atoms with Crippen molar-refractivity contribution < 1.29 is 14.3 Å². The molecule has 0 aromatic heterocycles. The largest absolute Gasteiger partial charge is 0.463 e. The molecule has 16 heavy (non-hydrogen) atoms. The molecule has 0 saturated carbocycles. The highest BCUT2D eigenvalue weighted by Crippen LogP contribution is 2.27. The minimum absolute atomic E-state index is 0.552. The molecule has 5 heteroatoms. The first kappa shape index (κ1) is 13.0. The van der Waals surface area contributed by atoms with Gasteiger partial charge >= 0.3 is 5.97 Å². The smallest absolute Gasteiger partial charge is 0.376 e. The molecule has 0 radical (unpaired) electrons. The Bertz CT molecular complexity index is 429. The van der Waals surface area contributed by atoms with E-state index in [0.29, 0.717) is 10.6 Å². The van der Waals surface area contributed by atoms with E-state index >= 15 is 0 Å². The number of methoxy groups -OCH3 is 1. The van der Waals surface area contributed by atoms with Gasteiger partial charge in [0.1, 0.15) is 5.38 Å². The van der Waals surface area contributed by atoms with E-state index in [1.807, 2.05) is 0 Å². The van der Waals surface area contributed by atoms with E-state index in [9.17, 15) is 9.59 Å². The minimum atomic E-state index is -1.04. The average Bonchev–Trinajstić information content (AvgIpc) is 2.26. The normalized spacial score (nSPS) is 12.0. The molecule has 0 aliphatic carbocycles. The second-order valence-electron chi connectivity index (χ2n) is 3.22. The fourth-order valence-electron chi connectivity index (χ4n) is 1.27. The molecule has 0 N–H and O–H groups in total. The summed E-state index contributed by atoms with van der Waals surface area (Å²) in [5, 5.41) is -0.486. The molecule has 0 fully saturated rings. The van der Waals surface area contributed by atoms with Gasteiger partial charge in [-0.05, 0) is 30.2 Å². The number of alkyl halides is 1. The Balaban J connectivity index is 3.01. The molecule has 0 aliphatic rings. The average molecular weight is 261 g/mol. The summed E-state index contributed by atoms with van der Waals surface area (Å²) in [7, 11) is 1.14. The number of benzene rings is 1. The van der Waals surface area contributed by atoms with Crippen LogP contribution in [0, 0.1) is 6.92 Å². The zero-order valence-corrected chi connectivity index (χ0v) is 10.3. The third-order valence-corrected chi connectivity index (χ3v) is 2.79. The molecule has 0 heterocycles. The Kier molecular flexibility index (Phi) is 4.33. The van der Waals surface area contributed by atoms with Gasteiger partial charge in [-0.25, -0.2) is 4.79 Å². The number of hydrogen-bond acceptors (Lipinski definition) is 3. The molecule has 1 aromatic rings. The third-order valence-electron chi connectivity index (χ3n) is 2.12. The van der Waals surface area contributed by atoms with Crippen molar-refractivity contribution in [1.82, 2.24) is 0 Å². The Hall–Kier alpha value is -1.06. The van der Waals surface area contributed by atoms with Crippen molar-refractivity contribution in [2.24, 2.45) is 0 Å². The van der Waals surface area contributed by atoms with Crippen LogP contribution in [0.3, 0.4) is 0 Å². The van der Waals surface area contributed by atoms with Crippen LogP contribution in [0.2, 0.25) is 5.02 Å². The van der Waals surface area contributed by atoms with Crippen LogP contribution in [0.4, 0.5) is 0 Å². The molecule has 86 valence electrons. The number of carbonyl (C=O) groups excluding carboxylic acids is 2. The van der Waals surface area contributed by atoms with Gasteiger partial charge in [-0.15, -0.1) is 11.6 Å². The molecule has 0 spiro atoms. The van der Waals surface area contributed by atoms with Gasteiger partial charge in [0.2, 0.25) is 0 Å². The summed E-state index contributed by atoms with van der Waals surface area (Å²) in [6.45, 7) is 1.77. The highest BCUT2D eigenvalue weighted by Gasteiger charge is 2.26. The molecule has 0 saturated heterocycles. The molecule has 0 amide bonds. The summed E-state index contributed by atoms with van der Waals surface area (Å²) < 4.78 is 4.32. The Morgan fingerprint density at radius 3 is 2.50 bits per heavy atom. The number of aryl methyl sites for hydroxylation is 1. The third kappa shape index (κ3) is 2.74. The maximum atomic E-state index is 11.5. The topological polar surface area (TPSA) is 43.4 Å². The van der Waals surface area contributed by atoms with Gasteiger partial charge in [-0.3, -0.25) is 4.79 Å².